The smallest absolute Gasteiger partial charge is 0.305 e. The zero-order chi connectivity index (χ0) is 14.3. The first-order chi connectivity index (χ1) is 9.08. The first-order valence-electron chi connectivity index (χ1n) is 6.33. The van der Waals surface area contributed by atoms with Crippen LogP contribution in [0.25, 0.3) is 0 Å². The molecule has 0 radical (unpaired) electrons. The maximum absolute atomic E-state index is 11.2. The predicted molar refractivity (Wildman–Crippen MR) is 78.1 cm³/mol. The number of carbonyl (C=O) groups is 1. The molecule has 19 heavy (non-hydrogen) atoms. The number of carbonyl (C=O) groups excluding carboxylic acids is 1. The van der Waals surface area contributed by atoms with Crippen molar-refractivity contribution in [2.24, 2.45) is 5.73 Å². The van der Waals surface area contributed by atoms with Gasteiger partial charge in [0.15, 0.2) is 0 Å². The summed E-state index contributed by atoms with van der Waals surface area (Å²) in [4.78, 5) is 11.2. The van der Waals surface area contributed by atoms with Gasteiger partial charge in [0.1, 0.15) is 5.75 Å². The van der Waals surface area contributed by atoms with E-state index < -0.39 is 0 Å². The van der Waals surface area contributed by atoms with E-state index in [-0.39, 0.29) is 12.0 Å². The second-order valence-electron chi connectivity index (χ2n) is 4.19. The Labute approximate surface area is 122 Å². The van der Waals surface area contributed by atoms with Crippen LogP contribution in [0, 0.1) is 0 Å². The van der Waals surface area contributed by atoms with Crippen molar-refractivity contribution in [2.45, 2.75) is 32.2 Å². The molecule has 0 amide bonds. The first-order valence-corrected chi connectivity index (χ1v) is 7.12. The normalized spacial score (nSPS) is 12.0. The Morgan fingerprint density at radius 3 is 2.84 bits per heavy atom. The van der Waals surface area contributed by atoms with Gasteiger partial charge in [-0.1, -0.05) is 15.9 Å². The molecule has 0 saturated carbocycles. The zero-order valence-electron chi connectivity index (χ0n) is 11.3. The van der Waals surface area contributed by atoms with Gasteiger partial charge >= 0.3 is 5.97 Å². The number of methoxy groups -OCH3 is 1. The van der Waals surface area contributed by atoms with E-state index in [0.717, 1.165) is 15.8 Å². The van der Waals surface area contributed by atoms with Gasteiger partial charge in [-0.25, -0.2) is 0 Å². The molecular weight excluding hydrogens is 310 g/mol. The van der Waals surface area contributed by atoms with E-state index in [1.54, 1.807) is 14.0 Å². The summed E-state index contributed by atoms with van der Waals surface area (Å²) >= 11 is 3.42. The Kier molecular flexibility index (Phi) is 6.87. The van der Waals surface area contributed by atoms with E-state index in [1.807, 2.05) is 18.2 Å². The van der Waals surface area contributed by atoms with Gasteiger partial charge in [-0.3, -0.25) is 4.79 Å². The fourth-order valence-corrected chi connectivity index (χ4v) is 2.23. The minimum atomic E-state index is -0.170. The summed E-state index contributed by atoms with van der Waals surface area (Å²) in [5, 5.41) is 0. The third-order valence-electron chi connectivity index (χ3n) is 2.79. The molecule has 106 valence electrons. The Bertz CT molecular complexity index is 423. The lowest BCUT2D eigenvalue weighted by Gasteiger charge is -2.16. The summed E-state index contributed by atoms with van der Waals surface area (Å²) in [5.41, 5.74) is 7.09. The van der Waals surface area contributed by atoms with E-state index in [9.17, 15) is 4.79 Å². The molecule has 1 aromatic carbocycles. The predicted octanol–water partition coefficient (Wildman–Crippen LogP) is 3.19. The van der Waals surface area contributed by atoms with Gasteiger partial charge in [0, 0.05) is 22.5 Å². The van der Waals surface area contributed by atoms with Crippen molar-refractivity contribution in [1.29, 1.82) is 0 Å². The summed E-state index contributed by atoms with van der Waals surface area (Å²) in [6.07, 6.45) is 1.82. The summed E-state index contributed by atoms with van der Waals surface area (Å²) < 4.78 is 11.1. The lowest BCUT2D eigenvalue weighted by molar-refractivity contribution is -0.143. The van der Waals surface area contributed by atoms with Crippen molar-refractivity contribution in [3.05, 3.63) is 28.2 Å². The second-order valence-corrected chi connectivity index (χ2v) is 5.11. The molecule has 1 aromatic rings. The first kappa shape index (κ1) is 16.0. The summed E-state index contributed by atoms with van der Waals surface area (Å²) in [7, 11) is 1.62. The van der Waals surface area contributed by atoms with Crippen molar-refractivity contribution in [2.75, 3.05) is 13.7 Å². The maximum atomic E-state index is 11.2. The lowest BCUT2D eigenvalue weighted by atomic mass is 10.0. The molecule has 0 spiro atoms. The quantitative estimate of drug-likeness (QED) is 0.780. The van der Waals surface area contributed by atoms with Crippen LogP contribution in [0.2, 0.25) is 0 Å². The van der Waals surface area contributed by atoms with Gasteiger partial charge in [-0.15, -0.1) is 0 Å². The monoisotopic (exact) mass is 329 g/mol. The molecule has 0 aromatic heterocycles. The number of benzene rings is 1. The lowest BCUT2D eigenvalue weighted by Crippen LogP contribution is -2.13. The van der Waals surface area contributed by atoms with Crippen molar-refractivity contribution >= 4 is 21.9 Å². The molecule has 2 N–H and O–H groups in total. The van der Waals surface area contributed by atoms with Crippen LogP contribution in [-0.2, 0) is 9.53 Å². The molecule has 1 atom stereocenters. The molecular formula is C14H20BrNO3. The molecule has 4 nitrogen and oxygen atoms in total. The molecule has 0 aliphatic heterocycles. The third kappa shape index (κ3) is 5.20. The number of nitrogens with two attached hydrogens (primary N) is 1. The van der Waals surface area contributed by atoms with Crippen LogP contribution >= 0.6 is 15.9 Å². The second kappa shape index (κ2) is 8.17. The molecule has 0 saturated heterocycles. The SMILES string of the molecule is CCOC(=O)CCCC(N)c1cc(Br)ccc1OC. The Hall–Kier alpha value is -1.07. The van der Waals surface area contributed by atoms with Crippen molar-refractivity contribution < 1.29 is 14.3 Å². The molecule has 1 rings (SSSR count). The number of esters is 1. The Morgan fingerprint density at radius 2 is 2.21 bits per heavy atom. The van der Waals surface area contributed by atoms with Crippen LogP contribution in [0.3, 0.4) is 0 Å². The summed E-state index contributed by atoms with van der Waals surface area (Å²) in [6, 6.07) is 5.59. The highest BCUT2D eigenvalue weighted by Gasteiger charge is 2.13. The van der Waals surface area contributed by atoms with Crippen LogP contribution in [0.5, 0.6) is 5.75 Å². The summed E-state index contributed by atoms with van der Waals surface area (Å²) in [5.74, 6) is 0.600. The molecule has 0 bridgehead atoms. The van der Waals surface area contributed by atoms with Crippen LogP contribution in [0.4, 0.5) is 0 Å². The fraction of sp³-hybridized carbons (Fsp3) is 0.500. The standard InChI is InChI=1S/C14H20BrNO3/c1-3-19-14(17)6-4-5-12(16)11-9-10(15)7-8-13(11)18-2/h7-9,12H,3-6,16H2,1-2H3. The van der Waals surface area contributed by atoms with Crippen LogP contribution in [0.1, 0.15) is 37.8 Å². The van der Waals surface area contributed by atoms with E-state index in [2.05, 4.69) is 15.9 Å². The van der Waals surface area contributed by atoms with E-state index in [1.165, 1.54) is 0 Å². The number of hydrogen-bond acceptors (Lipinski definition) is 4. The van der Waals surface area contributed by atoms with Gasteiger partial charge in [-0.05, 0) is 38.0 Å². The van der Waals surface area contributed by atoms with Crippen molar-refractivity contribution in [1.82, 2.24) is 0 Å². The Morgan fingerprint density at radius 1 is 1.47 bits per heavy atom. The van der Waals surface area contributed by atoms with Crippen LogP contribution in [0.15, 0.2) is 22.7 Å². The van der Waals surface area contributed by atoms with Gasteiger partial charge in [0.25, 0.3) is 0 Å². The van der Waals surface area contributed by atoms with Crippen LogP contribution in [-0.4, -0.2) is 19.7 Å². The van der Waals surface area contributed by atoms with Gasteiger partial charge in [-0.2, -0.15) is 0 Å². The maximum Gasteiger partial charge on any atom is 0.305 e. The van der Waals surface area contributed by atoms with Crippen molar-refractivity contribution in [3.63, 3.8) is 0 Å². The highest BCUT2D eigenvalue weighted by molar-refractivity contribution is 9.10. The number of rotatable bonds is 7. The number of halogens is 1. The molecule has 0 aliphatic carbocycles. The van der Waals surface area contributed by atoms with Crippen molar-refractivity contribution in [3.8, 4) is 5.75 Å². The zero-order valence-corrected chi connectivity index (χ0v) is 12.9. The van der Waals surface area contributed by atoms with E-state index in [4.69, 9.17) is 15.2 Å². The molecule has 0 aliphatic rings. The average molecular weight is 330 g/mol. The average Bonchev–Trinajstić information content (AvgIpc) is 2.38. The van der Waals surface area contributed by atoms with Gasteiger partial charge in [0.2, 0.25) is 0 Å². The highest BCUT2D eigenvalue weighted by atomic mass is 79.9. The fourth-order valence-electron chi connectivity index (χ4n) is 1.85. The summed E-state index contributed by atoms with van der Waals surface area (Å²) in [6.45, 7) is 2.22. The highest BCUT2D eigenvalue weighted by Crippen LogP contribution is 2.29. The van der Waals surface area contributed by atoms with E-state index >= 15 is 0 Å². The van der Waals surface area contributed by atoms with Crippen LogP contribution < -0.4 is 10.5 Å². The topological polar surface area (TPSA) is 61.5 Å². The minimum Gasteiger partial charge on any atom is -0.496 e. The number of hydrogen-bond donors (Lipinski definition) is 1. The molecule has 5 heteroatoms. The third-order valence-corrected chi connectivity index (χ3v) is 3.29. The molecule has 0 fully saturated rings. The van der Waals surface area contributed by atoms with E-state index in [0.29, 0.717) is 25.9 Å². The molecule has 0 heterocycles. The largest absolute Gasteiger partial charge is 0.496 e. The van der Waals surface area contributed by atoms with Gasteiger partial charge in [0.05, 0.1) is 13.7 Å². The number of ether oxygens (including phenoxy) is 2. The Balaban J connectivity index is 2.55. The minimum absolute atomic E-state index is 0.151. The molecule has 1 unspecified atom stereocenters. The van der Waals surface area contributed by atoms with Gasteiger partial charge < -0.3 is 15.2 Å².